The van der Waals surface area contributed by atoms with E-state index < -0.39 is 34.4 Å². The monoisotopic (exact) mass is 322 g/mol. The molecule has 8 nitrogen and oxygen atoms in total. The highest BCUT2D eigenvalue weighted by atomic mass is 32.2. The zero-order valence-corrected chi connectivity index (χ0v) is 12.8. The molecular weight excluding hydrogens is 300 g/mol. The minimum Gasteiger partial charge on any atom is -0.388 e. The highest BCUT2D eigenvalue weighted by Gasteiger charge is 2.43. The molecule has 0 aromatic carbocycles. The molecule has 2 fully saturated rings. The lowest BCUT2D eigenvalue weighted by molar-refractivity contribution is -0.134. The highest BCUT2D eigenvalue weighted by Crippen LogP contribution is 2.24. The summed E-state index contributed by atoms with van der Waals surface area (Å²) in [6, 6.07) is 0. The SMILES string of the molecule is CS(=O)(=O)NCC1OC(CC(=O)N2CCCC2)C(O)C1O. The number of hydrogen-bond donors (Lipinski definition) is 3. The van der Waals surface area contributed by atoms with Gasteiger partial charge in [0.15, 0.2) is 0 Å². The molecule has 2 rings (SSSR count). The van der Waals surface area contributed by atoms with Crippen molar-refractivity contribution in [2.45, 2.75) is 43.7 Å². The van der Waals surface area contributed by atoms with E-state index in [0.717, 1.165) is 19.1 Å². The van der Waals surface area contributed by atoms with Gasteiger partial charge in [0, 0.05) is 19.6 Å². The normalized spacial score (nSPS) is 33.6. The van der Waals surface area contributed by atoms with Gasteiger partial charge in [-0.05, 0) is 12.8 Å². The predicted molar refractivity (Wildman–Crippen MR) is 74.0 cm³/mol. The molecule has 0 aliphatic carbocycles. The van der Waals surface area contributed by atoms with Crippen LogP contribution in [0.25, 0.3) is 0 Å². The van der Waals surface area contributed by atoms with Crippen molar-refractivity contribution in [2.75, 3.05) is 25.9 Å². The fraction of sp³-hybridized carbons (Fsp3) is 0.917. The van der Waals surface area contributed by atoms with Crippen molar-refractivity contribution in [3.05, 3.63) is 0 Å². The van der Waals surface area contributed by atoms with Crippen molar-refractivity contribution >= 4 is 15.9 Å². The van der Waals surface area contributed by atoms with Crippen LogP contribution in [0.15, 0.2) is 0 Å². The third-order valence-electron chi connectivity index (χ3n) is 3.84. The summed E-state index contributed by atoms with van der Waals surface area (Å²) in [4.78, 5) is 13.7. The zero-order chi connectivity index (χ0) is 15.6. The number of carbonyl (C=O) groups is 1. The molecule has 0 radical (unpaired) electrons. The number of ether oxygens (including phenoxy) is 1. The third-order valence-corrected chi connectivity index (χ3v) is 4.53. The van der Waals surface area contributed by atoms with E-state index in [2.05, 4.69) is 4.72 Å². The van der Waals surface area contributed by atoms with Gasteiger partial charge in [0.2, 0.25) is 15.9 Å². The van der Waals surface area contributed by atoms with Crippen LogP contribution >= 0.6 is 0 Å². The lowest BCUT2D eigenvalue weighted by Crippen LogP contribution is -2.39. The summed E-state index contributed by atoms with van der Waals surface area (Å²) >= 11 is 0. The van der Waals surface area contributed by atoms with Gasteiger partial charge in [-0.15, -0.1) is 0 Å². The molecule has 4 atom stereocenters. The number of nitrogens with zero attached hydrogens (tertiary/aromatic N) is 1. The molecule has 9 heteroatoms. The Morgan fingerprint density at radius 2 is 1.81 bits per heavy atom. The molecule has 0 bridgehead atoms. The van der Waals surface area contributed by atoms with Crippen LogP contribution in [0, 0.1) is 0 Å². The summed E-state index contributed by atoms with van der Waals surface area (Å²) in [5, 5.41) is 19.8. The minimum absolute atomic E-state index is 0.00635. The molecule has 4 unspecified atom stereocenters. The molecule has 2 aliphatic heterocycles. The second-order valence-electron chi connectivity index (χ2n) is 5.61. The van der Waals surface area contributed by atoms with Crippen LogP contribution in [0.2, 0.25) is 0 Å². The average molecular weight is 322 g/mol. The lowest BCUT2D eigenvalue weighted by Gasteiger charge is -2.19. The first-order valence-corrected chi connectivity index (χ1v) is 8.91. The third kappa shape index (κ3) is 4.36. The van der Waals surface area contributed by atoms with Gasteiger partial charge in [0.1, 0.15) is 18.3 Å². The van der Waals surface area contributed by atoms with Crippen molar-refractivity contribution in [1.29, 1.82) is 0 Å². The summed E-state index contributed by atoms with van der Waals surface area (Å²) in [6.07, 6.45) is -1.12. The maximum Gasteiger partial charge on any atom is 0.225 e. The Kier molecular flexibility index (Phi) is 5.20. The molecule has 3 N–H and O–H groups in total. The number of aliphatic hydroxyl groups excluding tert-OH is 2. The Hall–Kier alpha value is -0.740. The Labute approximate surface area is 124 Å². The Morgan fingerprint density at radius 1 is 1.24 bits per heavy atom. The largest absolute Gasteiger partial charge is 0.388 e. The van der Waals surface area contributed by atoms with Crippen LogP contribution in [0.5, 0.6) is 0 Å². The van der Waals surface area contributed by atoms with E-state index in [-0.39, 0.29) is 18.9 Å². The quantitative estimate of drug-likeness (QED) is 0.541. The van der Waals surface area contributed by atoms with Crippen LogP contribution in [0.3, 0.4) is 0 Å². The molecule has 21 heavy (non-hydrogen) atoms. The lowest BCUT2D eigenvalue weighted by atomic mass is 10.1. The van der Waals surface area contributed by atoms with Crippen molar-refractivity contribution in [3.8, 4) is 0 Å². The molecule has 2 heterocycles. The zero-order valence-electron chi connectivity index (χ0n) is 11.9. The first-order valence-electron chi connectivity index (χ1n) is 7.02. The van der Waals surface area contributed by atoms with Crippen LogP contribution in [0.1, 0.15) is 19.3 Å². The van der Waals surface area contributed by atoms with Crippen molar-refractivity contribution in [3.63, 3.8) is 0 Å². The minimum atomic E-state index is -3.40. The first kappa shape index (κ1) is 16.6. The summed E-state index contributed by atoms with van der Waals surface area (Å²) < 4.78 is 29.7. The van der Waals surface area contributed by atoms with Crippen molar-refractivity contribution in [2.24, 2.45) is 0 Å². The fourth-order valence-electron chi connectivity index (χ4n) is 2.66. The van der Waals surface area contributed by atoms with E-state index in [0.29, 0.717) is 13.1 Å². The van der Waals surface area contributed by atoms with Crippen LogP contribution in [-0.2, 0) is 19.6 Å². The number of nitrogens with one attached hydrogen (secondary N) is 1. The second-order valence-corrected chi connectivity index (χ2v) is 7.44. The number of amides is 1. The number of sulfonamides is 1. The number of carbonyl (C=O) groups excluding carboxylic acids is 1. The van der Waals surface area contributed by atoms with E-state index in [1.165, 1.54) is 0 Å². The predicted octanol–water partition coefficient (Wildman–Crippen LogP) is -1.96. The molecule has 0 aromatic heterocycles. The van der Waals surface area contributed by atoms with Gasteiger partial charge >= 0.3 is 0 Å². The molecule has 2 aliphatic rings. The molecule has 0 aromatic rings. The van der Waals surface area contributed by atoms with E-state index in [1.54, 1.807) is 4.90 Å². The molecule has 122 valence electrons. The maximum atomic E-state index is 12.0. The summed E-state index contributed by atoms with van der Waals surface area (Å²) in [7, 11) is -3.40. The molecule has 1 amide bonds. The summed E-state index contributed by atoms with van der Waals surface area (Å²) in [5.74, 6) is -0.111. The summed E-state index contributed by atoms with van der Waals surface area (Å²) in [6.45, 7) is 1.29. The van der Waals surface area contributed by atoms with Gasteiger partial charge in [-0.2, -0.15) is 0 Å². The van der Waals surface area contributed by atoms with Gasteiger partial charge in [0.05, 0.1) is 18.8 Å². The van der Waals surface area contributed by atoms with Crippen molar-refractivity contribution < 1.29 is 28.2 Å². The molecule has 0 saturated carbocycles. The van der Waals surface area contributed by atoms with Gasteiger partial charge in [-0.1, -0.05) is 0 Å². The molecule has 2 saturated heterocycles. The Bertz CT molecular complexity index is 476. The summed E-state index contributed by atoms with van der Waals surface area (Å²) in [5.41, 5.74) is 0. The van der Waals surface area contributed by atoms with E-state index in [1.807, 2.05) is 0 Å². The van der Waals surface area contributed by atoms with Crippen LogP contribution in [-0.4, -0.2) is 79.7 Å². The first-order chi connectivity index (χ1) is 9.78. The standard InChI is InChI=1S/C12H22N2O6S/c1-21(18,19)13-7-9-12(17)11(16)8(20-9)6-10(15)14-4-2-3-5-14/h8-9,11-13,16-17H,2-7H2,1H3. The van der Waals surface area contributed by atoms with E-state index >= 15 is 0 Å². The topological polar surface area (TPSA) is 116 Å². The second kappa shape index (κ2) is 6.57. The number of rotatable bonds is 5. The smallest absolute Gasteiger partial charge is 0.225 e. The van der Waals surface area contributed by atoms with Gasteiger partial charge in [-0.3, -0.25) is 4.79 Å². The van der Waals surface area contributed by atoms with Gasteiger partial charge in [0.25, 0.3) is 0 Å². The fourth-order valence-corrected chi connectivity index (χ4v) is 3.13. The maximum absolute atomic E-state index is 12.0. The van der Waals surface area contributed by atoms with Gasteiger partial charge in [-0.25, -0.2) is 13.1 Å². The Balaban J connectivity index is 1.88. The van der Waals surface area contributed by atoms with Crippen LogP contribution < -0.4 is 4.72 Å². The van der Waals surface area contributed by atoms with Crippen molar-refractivity contribution in [1.82, 2.24) is 9.62 Å². The highest BCUT2D eigenvalue weighted by molar-refractivity contribution is 7.88. The van der Waals surface area contributed by atoms with Crippen LogP contribution in [0.4, 0.5) is 0 Å². The Morgan fingerprint density at radius 3 is 2.38 bits per heavy atom. The number of aliphatic hydroxyl groups is 2. The number of likely N-dealkylation sites (tertiary alicyclic amines) is 1. The van der Waals surface area contributed by atoms with E-state index in [9.17, 15) is 23.4 Å². The number of hydrogen-bond acceptors (Lipinski definition) is 6. The molecule has 0 spiro atoms. The molecular formula is C12H22N2O6S. The van der Waals surface area contributed by atoms with E-state index in [4.69, 9.17) is 4.74 Å². The average Bonchev–Trinajstić information content (AvgIpc) is 3.00. The van der Waals surface area contributed by atoms with Gasteiger partial charge < -0.3 is 19.8 Å².